The van der Waals surface area contributed by atoms with Crippen LogP contribution in [-0.4, -0.2) is 36.0 Å². The molecule has 0 atom stereocenters. The average Bonchev–Trinajstić information content (AvgIpc) is 2.55. The van der Waals surface area contributed by atoms with Crippen LogP contribution in [-0.2, 0) is 13.1 Å². The molecule has 5 heteroatoms. The van der Waals surface area contributed by atoms with E-state index in [4.69, 9.17) is 34.8 Å². The van der Waals surface area contributed by atoms with Crippen molar-refractivity contribution in [1.82, 2.24) is 9.80 Å². The molecule has 1 aliphatic rings. The Morgan fingerprint density at radius 2 is 1.17 bits per heavy atom. The van der Waals surface area contributed by atoms with Gasteiger partial charge in [-0.25, -0.2) is 0 Å². The molecule has 0 amide bonds. The lowest BCUT2D eigenvalue weighted by Crippen LogP contribution is -2.45. The third-order valence-electron chi connectivity index (χ3n) is 4.26. The van der Waals surface area contributed by atoms with Gasteiger partial charge in [0.25, 0.3) is 0 Å². The topological polar surface area (TPSA) is 6.48 Å². The second-order valence-electron chi connectivity index (χ2n) is 5.84. The summed E-state index contributed by atoms with van der Waals surface area (Å²) in [7, 11) is 0. The molecule has 1 aliphatic heterocycles. The minimum absolute atomic E-state index is 0.746. The van der Waals surface area contributed by atoms with Crippen molar-refractivity contribution in [2.24, 2.45) is 0 Å². The van der Waals surface area contributed by atoms with E-state index in [1.165, 1.54) is 5.56 Å². The quantitative estimate of drug-likeness (QED) is 0.751. The molecule has 1 heterocycles. The summed E-state index contributed by atoms with van der Waals surface area (Å²) in [6, 6.07) is 13.7. The SMILES string of the molecule is Clc1ccccc1CN1CCN(Cc2c(Cl)cccc2Cl)CC1. The molecule has 3 rings (SSSR count). The number of nitrogens with zero attached hydrogens (tertiary/aromatic N) is 2. The van der Waals surface area contributed by atoms with Crippen LogP contribution in [0.4, 0.5) is 0 Å². The highest BCUT2D eigenvalue weighted by atomic mass is 35.5. The zero-order chi connectivity index (χ0) is 16.2. The molecule has 1 fully saturated rings. The van der Waals surface area contributed by atoms with Crippen LogP contribution in [0.2, 0.25) is 15.1 Å². The Labute approximate surface area is 152 Å². The standard InChI is InChI=1S/C18H19Cl3N2/c19-16-5-2-1-4-14(16)12-22-8-10-23(11-9-22)13-15-17(20)6-3-7-18(15)21/h1-7H,8-13H2. The van der Waals surface area contributed by atoms with Gasteiger partial charge in [-0.1, -0.05) is 59.1 Å². The van der Waals surface area contributed by atoms with Crippen molar-refractivity contribution in [2.45, 2.75) is 13.1 Å². The first-order chi connectivity index (χ1) is 11.1. The molecule has 0 bridgehead atoms. The maximum Gasteiger partial charge on any atom is 0.0465 e. The Morgan fingerprint density at radius 1 is 0.652 bits per heavy atom. The lowest BCUT2D eigenvalue weighted by atomic mass is 10.1. The van der Waals surface area contributed by atoms with Gasteiger partial charge in [-0.15, -0.1) is 0 Å². The van der Waals surface area contributed by atoms with Gasteiger partial charge in [0.15, 0.2) is 0 Å². The molecule has 0 radical (unpaired) electrons. The molecule has 1 saturated heterocycles. The van der Waals surface area contributed by atoms with E-state index >= 15 is 0 Å². The summed E-state index contributed by atoms with van der Waals surface area (Å²) in [4.78, 5) is 4.84. The van der Waals surface area contributed by atoms with Crippen molar-refractivity contribution in [3.63, 3.8) is 0 Å². The minimum atomic E-state index is 0.746. The number of rotatable bonds is 4. The largest absolute Gasteiger partial charge is 0.296 e. The molecule has 0 N–H and O–H groups in total. The van der Waals surface area contributed by atoms with Crippen molar-refractivity contribution in [3.05, 3.63) is 68.7 Å². The van der Waals surface area contributed by atoms with Crippen LogP contribution >= 0.6 is 34.8 Å². The van der Waals surface area contributed by atoms with Crippen LogP contribution in [0.25, 0.3) is 0 Å². The monoisotopic (exact) mass is 368 g/mol. The van der Waals surface area contributed by atoms with E-state index in [-0.39, 0.29) is 0 Å². The molecule has 122 valence electrons. The van der Waals surface area contributed by atoms with Crippen LogP contribution in [0, 0.1) is 0 Å². The van der Waals surface area contributed by atoms with Crippen LogP contribution in [0.5, 0.6) is 0 Å². The van der Waals surface area contributed by atoms with Crippen molar-refractivity contribution in [2.75, 3.05) is 26.2 Å². The van der Waals surface area contributed by atoms with Crippen molar-refractivity contribution < 1.29 is 0 Å². The normalized spacial score (nSPS) is 16.7. The Morgan fingerprint density at radius 3 is 1.78 bits per heavy atom. The summed E-state index contributed by atoms with van der Waals surface area (Å²) in [6.45, 7) is 5.76. The molecule has 0 spiro atoms. The molecule has 23 heavy (non-hydrogen) atoms. The van der Waals surface area contributed by atoms with E-state index in [1.807, 2.05) is 36.4 Å². The Hall–Kier alpha value is -0.770. The lowest BCUT2D eigenvalue weighted by molar-refractivity contribution is 0.122. The van der Waals surface area contributed by atoms with Gasteiger partial charge < -0.3 is 0 Å². The van der Waals surface area contributed by atoms with E-state index in [9.17, 15) is 0 Å². The fourth-order valence-electron chi connectivity index (χ4n) is 2.88. The Kier molecular flexibility index (Phi) is 5.84. The lowest BCUT2D eigenvalue weighted by Gasteiger charge is -2.35. The molecule has 0 aliphatic carbocycles. The second-order valence-corrected chi connectivity index (χ2v) is 7.07. The molecule has 0 saturated carbocycles. The number of benzene rings is 2. The van der Waals surface area contributed by atoms with Gasteiger partial charge in [0.1, 0.15) is 0 Å². The number of hydrogen-bond donors (Lipinski definition) is 0. The van der Waals surface area contributed by atoms with E-state index in [0.717, 1.165) is 59.9 Å². The molecule has 2 aromatic carbocycles. The van der Waals surface area contributed by atoms with Crippen molar-refractivity contribution in [1.29, 1.82) is 0 Å². The highest BCUT2D eigenvalue weighted by Crippen LogP contribution is 2.26. The van der Waals surface area contributed by atoms with Gasteiger partial charge in [0.2, 0.25) is 0 Å². The van der Waals surface area contributed by atoms with Gasteiger partial charge in [0.05, 0.1) is 0 Å². The first-order valence-corrected chi connectivity index (χ1v) is 8.88. The van der Waals surface area contributed by atoms with Crippen LogP contribution < -0.4 is 0 Å². The number of piperazine rings is 1. The number of hydrogen-bond acceptors (Lipinski definition) is 2. The molecule has 2 aromatic rings. The molecule has 0 unspecified atom stereocenters. The predicted octanol–water partition coefficient (Wildman–Crippen LogP) is 4.96. The Balaban J connectivity index is 1.56. The van der Waals surface area contributed by atoms with E-state index in [2.05, 4.69) is 15.9 Å². The first-order valence-electron chi connectivity index (χ1n) is 7.74. The van der Waals surface area contributed by atoms with Crippen molar-refractivity contribution >= 4 is 34.8 Å². The molecular formula is C18H19Cl3N2. The predicted molar refractivity (Wildman–Crippen MR) is 98.5 cm³/mol. The maximum atomic E-state index is 6.27. The van der Waals surface area contributed by atoms with Crippen LogP contribution in [0.15, 0.2) is 42.5 Å². The van der Waals surface area contributed by atoms with Gasteiger partial charge in [-0.05, 0) is 23.8 Å². The summed E-state index contributed by atoms with van der Waals surface area (Å²) < 4.78 is 0. The van der Waals surface area contributed by atoms with Gasteiger partial charge >= 0.3 is 0 Å². The van der Waals surface area contributed by atoms with Gasteiger partial charge in [-0.3, -0.25) is 9.80 Å². The maximum absolute atomic E-state index is 6.27. The van der Waals surface area contributed by atoms with Gasteiger partial charge in [0, 0.05) is 59.9 Å². The van der Waals surface area contributed by atoms with E-state index in [0.29, 0.717) is 0 Å². The summed E-state index contributed by atoms with van der Waals surface area (Å²) in [5.74, 6) is 0. The van der Waals surface area contributed by atoms with Crippen LogP contribution in [0.1, 0.15) is 11.1 Å². The Bertz CT molecular complexity index is 647. The zero-order valence-electron chi connectivity index (χ0n) is 12.8. The van der Waals surface area contributed by atoms with Crippen molar-refractivity contribution in [3.8, 4) is 0 Å². The average molecular weight is 370 g/mol. The highest BCUT2D eigenvalue weighted by Gasteiger charge is 2.19. The third-order valence-corrected chi connectivity index (χ3v) is 5.34. The smallest absolute Gasteiger partial charge is 0.0465 e. The second kappa shape index (κ2) is 7.87. The van der Waals surface area contributed by atoms with E-state index in [1.54, 1.807) is 0 Å². The summed E-state index contributed by atoms with van der Waals surface area (Å²) in [5, 5.41) is 2.34. The number of halogens is 3. The molecular weight excluding hydrogens is 351 g/mol. The minimum Gasteiger partial charge on any atom is -0.296 e. The molecule has 0 aromatic heterocycles. The molecule has 2 nitrogen and oxygen atoms in total. The summed E-state index contributed by atoms with van der Waals surface area (Å²) >= 11 is 18.8. The summed E-state index contributed by atoms with van der Waals surface area (Å²) in [5.41, 5.74) is 2.21. The van der Waals surface area contributed by atoms with Gasteiger partial charge in [-0.2, -0.15) is 0 Å². The van der Waals surface area contributed by atoms with E-state index < -0.39 is 0 Å². The van der Waals surface area contributed by atoms with Crippen LogP contribution in [0.3, 0.4) is 0 Å². The zero-order valence-corrected chi connectivity index (χ0v) is 15.1. The summed E-state index contributed by atoms with van der Waals surface area (Å²) in [6.07, 6.45) is 0. The third kappa shape index (κ3) is 4.40. The highest BCUT2D eigenvalue weighted by molar-refractivity contribution is 6.36. The fraction of sp³-hybridized carbons (Fsp3) is 0.333. The first kappa shape index (κ1) is 17.1. The fourth-order valence-corrected chi connectivity index (χ4v) is 3.59.